The van der Waals surface area contributed by atoms with E-state index in [9.17, 15) is 0 Å². The first kappa shape index (κ1) is 9.36. The highest BCUT2D eigenvalue weighted by atomic mass is 32.1. The molecule has 0 atom stereocenters. The molecule has 0 spiro atoms. The van der Waals surface area contributed by atoms with Crippen LogP contribution in [0.4, 0.5) is 0 Å². The van der Waals surface area contributed by atoms with E-state index in [2.05, 4.69) is 22.8 Å². The number of nitrogens with one attached hydrogen (secondary N) is 1. The summed E-state index contributed by atoms with van der Waals surface area (Å²) in [5.41, 5.74) is 0. The van der Waals surface area contributed by atoms with Gasteiger partial charge in [0.1, 0.15) is 0 Å². The van der Waals surface area contributed by atoms with Crippen LogP contribution in [-0.2, 0) is 0 Å². The van der Waals surface area contributed by atoms with Crippen LogP contribution in [0.2, 0.25) is 0 Å². The topological polar surface area (TPSA) is 15.3 Å². The lowest BCUT2D eigenvalue weighted by Crippen LogP contribution is -2.35. The van der Waals surface area contributed by atoms with Gasteiger partial charge in [-0.3, -0.25) is 0 Å². The molecule has 0 unspecified atom stereocenters. The maximum absolute atomic E-state index is 4.09. The molecule has 0 aromatic rings. The van der Waals surface area contributed by atoms with E-state index in [0.29, 0.717) is 0 Å². The third kappa shape index (κ3) is 3.99. The van der Waals surface area contributed by atoms with E-state index in [1.807, 2.05) is 0 Å². The Bertz CT molecular complexity index is 92.1. The molecule has 1 fully saturated rings. The maximum Gasteiger partial charge on any atom is 0.0387 e. The molecule has 1 rings (SSSR count). The van der Waals surface area contributed by atoms with Gasteiger partial charge in [0, 0.05) is 19.0 Å². The minimum absolute atomic E-state index is 0.799. The number of hydrogen-bond acceptors (Lipinski definition) is 3. The SMILES string of the molecule is SCNCCN1CCCCC1. The Morgan fingerprint density at radius 2 is 1.91 bits per heavy atom. The molecule has 0 amide bonds. The Morgan fingerprint density at radius 3 is 2.55 bits per heavy atom. The summed E-state index contributed by atoms with van der Waals surface area (Å²) >= 11 is 4.09. The van der Waals surface area contributed by atoms with Gasteiger partial charge in [-0.25, -0.2) is 0 Å². The molecule has 0 bridgehead atoms. The summed E-state index contributed by atoms with van der Waals surface area (Å²) in [6.07, 6.45) is 4.21. The van der Waals surface area contributed by atoms with Crippen LogP contribution >= 0.6 is 12.6 Å². The number of likely N-dealkylation sites (tertiary alicyclic amines) is 1. The van der Waals surface area contributed by atoms with Crippen molar-refractivity contribution in [1.82, 2.24) is 10.2 Å². The monoisotopic (exact) mass is 174 g/mol. The fourth-order valence-corrected chi connectivity index (χ4v) is 1.66. The zero-order chi connectivity index (χ0) is 7.94. The summed E-state index contributed by atoms with van der Waals surface area (Å²) in [6.45, 7) is 4.88. The third-order valence-electron chi connectivity index (χ3n) is 2.17. The van der Waals surface area contributed by atoms with E-state index in [1.165, 1.54) is 38.9 Å². The molecule has 0 saturated carbocycles. The normalized spacial score (nSPS) is 20.5. The van der Waals surface area contributed by atoms with Crippen LogP contribution in [0.15, 0.2) is 0 Å². The summed E-state index contributed by atoms with van der Waals surface area (Å²) in [6, 6.07) is 0. The molecule has 3 heteroatoms. The summed E-state index contributed by atoms with van der Waals surface area (Å²) < 4.78 is 0. The zero-order valence-electron chi connectivity index (χ0n) is 7.05. The average molecular weight is 174 g/mol. The number of piperidine rings is 1. The minimum Gasteiger partial charge on any atom is -0.307 e. The van der Waals surface area contributed by atoms with E-state index in [4.69, 9.17) is 0 Å². The second-order valence-electron chi connectivity index (χ2n) is 3.06. The van der Waals surface area contributed by atoms with Gasteiger partial charge in [0.05, 0.1) is 0 Å². The first-order valence-electron chi connectivity index (χ1n) is 4.47. The predicted molar refractivity (Wildman–Crippen MR) is 52.1 cm³/mol. The molecule has 1 aliphatic heterocycles. The predicted octanol–water partition coefficient (Wildman–Crippen LogP) is 0.949. The van der Waals surface area contributed by atoms with Crippen molar-refractivity contribution in [2.24, 2.45) is 0 Å². The lowest BCUT2D eigenvalue weighted by molar-refractivity contribution is 0.230. The quantitative estimate of drug-likeness (QED) is 0.375. The van der Waals surface area contributed by atoms with Crippen LogP contribution in [0.1, 0.15) is 19.3 Å². The zero-order valence-corrected chi connectivity index (χ0v) is 7.95. The highest BCUT2D eigenvalue weighted by Gasteiger charge is 2.07. The average Bonchev–Trinajstić information content (AvgIpc) is 2.07. The first-order chi connectivity index (χ1) is 5.43. The number of thiol groups is 1. The van der Waals surface area contributed by atoms with E-state index >= 15 is 0 Å². The van der Waals surface area contributed by atoms with Crippen molar-refractivity contribution in [1.29, 1.82) is 0 Å². The van der Waals surface area contributed by atoms with Crippen molar-refractivity contribution in [2.75, 3.05) is 32.1 Å². The Balaban J connectivity index is 1.96. The minimum atomic E-state index is 0.799. The van der Waals surface area contributed by atoms with Gasteiger partial charge in [-0.15, -0.1) is 0 Å². The van der Waals surface area contributed by atoms with Crippen LogP contribution in [0.5, 0.6) is 0 Å². The molecule has 1 N–H and O–H groups in total. The van der Waals surface area contributed by atoms with Crippen molar-refractivity contribution in [3.63, 3.8) is 0 Å². The summed E-state index contributed by atoms with van der Waals surface area (Å²) in [5, 5.41) is 3.22. The van der Waals surface area contributed by atoms with E-state index < -0.39 is 0 Å². The van der Waals surface area contributed by atoms with Crippen LogP contribution < -0.4 is 5.32 Å². The molecule has 0 radical (unpaired) electrons. The number of rotatable bonds is 4. The first-order valence-corrected chi connectivity index (χ1v) is 5.10. The van der Waals surface area contributed by atoms with Crippen molar-refractivity contribution in [3.8, 4) is 0 Å². The summed E-state index contributed by atoms with van der Waals surface area (Å²) in [5.74, 6) is 0.799. The fourth-order valence-electron chi connectivity index (χ4n) is 1.50. The summed E-state index contributed by atoms with van der Waals surface area (Å²) in [7, 11) is 0. The third-order valence-corrected chi connectivity index (χ3v) is 2.39. The van der Waals surface area contributed by atoms with Crippen molar-refractivity contribution < 1.29 is 0 Å². The van der Waals surface area contributed by atoms with Gasteiger partial charge in [-0.05, 0) is 25.9 Å². The molecule has 11 heavy (non-hydrogen) atoms. The molecule has 1 aliphatic rings. The van der Waals surface area contributed by atoms with Crippen molar-refractivity contribution in [2.45, 2.75) is 19.3 Å². The molecule has 2 nitrogen and oxygen atoms in total. The lowest BCUT2D eigenvalue weighted by atomic mass is 10.1. The highest BCUT2D eigenvalue weighted by molar-refractivity contribution is 7.80. The second-order valence-corrected chi connectivity index (χ2v) is 3.38. The molecule has 0 aromatic carbocycles. The molecular weight excluding hydrogens is 156 g/mol. The van der Waals surface area contributed by atoms with Gasteiger partial charge < -0.3 is 10.2 Å². The van der Waals surface area contributed by atoms with Crippen LogP contribution in [0.25, 0.3) is 0 Å². The summed E-state index contributed by atoms with van der Waals surface area (Å²) in [4.78, 5) is 2.53. The molecular formula is C8H18N2S. The lowest BCUT2D eigenvalue weighted by Gasteiger charge is -2.26. The Kier molecular flexibility index (Phi) is 4.99. The van der Waals surface area contributed by atoms with Gasteiger partial charge in [0.25, 0.3) is 0 Å². The Hall–Kier alpha value is 0.270. The maximum atomic E-state index is 4.09. The highest BCUT2D eigenvalue weighted by Crippen LogP contribution is 2.06. The molecule has 0 aliphatic carbocycles. The Labute approximate surface area is 74.8 Å². The van der Waals surface area contributed by atoms with Gasteiger partial charge >= 0.3 is 0 Å². The fraction of sp³-hybridized carbons (Fsp3) is 1.00. The Morgan fingerprint density at radius 1 is 1.18 bits per heavy atom. The van der Waals surface area contributed by atoms with E-state index in [-0.39, 0.29) is 0 Å². The molecule has 0 aromatic heterocycles. The largest absolute Gasteiger partial charge is 0.307 e. The van der Waals surface area contributed by atoms with Gasteiger partial charge in [-0.2, -0.15) is 12.6 Å². The molecule has 1 saturated heterocycles. The van der Waals surface area contributed by atoms with Gasteiger partial charge in [-0.1, -0.05) is 6.42 Å². The van der Waals surface area contributed by atoms with Crippen molar-refractivity contribution in [3.05, 3.63) is 0 Å². The van der Waals surface area contributed by atoms with Crippen LogP contribution in [0, 0.1) is 0 Å². The number of hydrogen-bond donors (Lipinski definition) is 2. The molecule has 66 valence electrons. The standard InChI is InChI=1S/C8H18N2S/c11-8-9-4-7-10-5-2-1-3-6-10/h9,11H,1-8H2. The van der Waals surface area contributed by atoms with Gasteiger partial charge in [0.15, 0.2) is 0 Å². The van der Waals surface area contributed by atoms with Crippen molar-refractivity contribution >= 4 is 12.6 Å². The van der Waals surface area contributed by atoms with E-state index in [0.717, 1.165) is 12.4 Å². The second kappa shape index (κ2) is 5.86. The molecule has 1 heterocycles. The smallest absolute Gasteiger partial charge is 0.0387 e. The van der Waals surface area contributed by atoms with Gasteiger partial charge in [0.2, 0.25) is 0 Å². The van der Waals surface area contributed by atoms with E-state index in [1.54, 1.807) is 0 Å². The van der Waals surface area contributed by atoms with Crippen LogP contribution in [0.3, 0.4) is 0 Å². The number of nitrogens with zero attached hydrogens (tertiary/aromatic N) is 1. The van der Waals surface area contributed by atoms with Crippen LogP contribution in [-0.4, -0.2) is 37.0 Å².